The van der Waals surface area contributed by atoms with Gasteiger partial charge in [0.2, 0.25) is 0 Å². The second kappa shape index (κ2) is 9.53. The molecule has 2 heterocycles. The van der Waals surface area contributed by atoms with Crippen molar-refractivity contribution in [3.8, 4) is 16.9 Å². The number of ether oxygens (including phenoxy) is 2. The molecular formula is C27H28N2O3. The van der Waals surface area contributed by atoms with Gasteiger partial charge in [-0.05, 0) is 84.7 Å². The summed E-state index contributed by atoms with van der Waals surface area (Å²) in [6, 6.07) is 18.2. The Bertz CT molecular complexity index is 1060. The molecule has 0 spiro atoms. The fraction of sp³-hybridized carbons (Fsp3) is 0.333. The van der Waals surface area contributed by atoms with Crippen LogP contribution in [0, 0.1) is 0 Å². The Morgan fingerprint density at radius 2 is 1.97 bits per heavy atom. The molecule has 5 heteroatoms. The van der Waals surface area contributed by atoms with E-state index < -0.39 is 0 Å². The number of nitrogens with zero attached hydrogens (tertiary/aromatic N) is 1. The topological polar surface area (TPSA) is 60.5 Å². The van der Waals surface area contributed by atoms with Gasteiger partial charge in [-0.3, -0.25) is 9.78 Å². The molecule has 0 radical (unpaired) electrons. The van der Waals surface area contributed by atoms with Crippen LogP contribution in [-0.4, -0.2) is 36.3 Å². The standard InChI is InChI=1S/C27H28N2O3/c30-27(19-8-11-25(12-9-19)32-18-26-4-2-14-31-26)29-24-10-7-20-15-21(5-6-22(20)16-24)23-3-1-13-28-17-23/h1,3,5-6,8-9,11-13,15,17,24,26H,2,4,7,10,14,16,18H2,(H,29,30)/t24-,26-/m0/s1. The third-order valence-electron chi connectivity index (χ3n) is 6.34. The number of hydrogen-bond donors (Lipinski definition) is 1. The Hall–Kier alpha value is -3.18. The molecule has 1 aliphatic carbocycles. The first-order chi connectivity index (χ1) is 15.7. The molecule has 3 aromatic rings. The van der Waals surface area contributed by atoms with Gasteiger partial charge in [-0.2, -0.15) is 0 Å². The maximum Gasteiger partial charge on any atom is 0.251 e. The third-order valence-corrected chi connectivity index (χ3v) is 6.34. The lowest BCUT2D eigenvalue weighted by Gasteiger charge is -2.26. The van der Waals surface area contributed by atoms with E-state index in [9.17, 15) is 4.79 Å². The van der Waals surface area contributed by atoms with Crippen LogP contribution in [-0.2, 0) is 17.6 Å². The maximum absolute atomic E-state index is 12.8. The van der Waals surface area contributed by atoms with Crippen LogP contribution < -0.4 is 10.1 Å². The Balaban J connectivity index is 1.17. The predicted molar refractivity (Wildman–Crippen MR) is 124 cm³/mol. The lowest BCUT2D eigenvalue weighted by Crippen LogP contribution is -2.38. The molecule has 1 amide bonds. The van der Waals surface area contributed by atoms with Crippen LogP contribution in [0.15, 0.2) is 67.0 Å². The summed E-state index contributed by atoms with van der Waals surface area (Å²) in [6.45, 7) is 1.39. The average molecular weight is 429 g/mol. The van der Waals surface area contributed by atoms with Crippen molar-refractivity contribution in [1.82, 2.24) is 10.3 Å². The minimum atomic E-state index is -0.0314. The van der Waals surface area contributed by atoms with Gasteiger partial charge < -0.3 is 14.8 Å². The van der Waals surface area contributed by atoms with Crippen LogP contribution in [0.5, 0.6) is 5.75 Å². The second-order valence-corrected chi connectivity index (χ2v) is 8.61. The van der Waals surface area contributed by atoms with Gasteiger partial charge in [0.25, 0.3) is 5.91 Å². The monoisotopic (exact) mass is 428 g/mol. The van der Waals surface area contributed by atoms with Crippen LogP contribution in [0.3, 0.4) is 0 Å². The molecular weight excluding hydrogens is 400 g/mol. The molecule has 0 bridgehead atoms. The van der Waals surface area contributed by atoms with Crippen molar-refractivity contribution in [2.24, 2.45) is 0 Å². The number of fused-ring (bicyclic) bond motifs is 1. The summed E-state index contributed by atoms with van der Waals surface area (Å²) in [6.07, 6.45) is 8.79. The number of hydrogen-bond acceptors (Lipinski definition) is 4. The largest absolute Gasteiger partial charge is 0.491 e. The van der Waals surface area contributed by atoms with Crippen molar-refractivity contribution in [3.63, 3.8) is 0 Å². The number of carbonyl (C=O) groups is 1. The normalized spacial score (nSPS) is 19.9. The molecule has 1 saturated heterocycles. The minimum Gasteiger partial charge on any atom is -0.491 e. The highest BCUT2D eigenvalue weighted by molar-refractivity contribution is 5.94. The number of pyridine rings is 1. The quantitative estimate of drug-likeness (QED) is 0.624. The molecule has 2 aliphatic rings. The molecule has 1 aliphatic heterocycles. The highest BCUT2D eigenvalue weighted by Crippen LogP contribution is 2.27. The Kier molecular flexibility index (Phi) is 6.17. The molecule has 5 nitrogen and oxygen atoms in total. The van der Waals surface area contributed by atoms with Crippen LogP contribution >= 0.6 is 0 Å². The SMILES string of the molecule is O=C(N[C@H]1CCc2cc(-c3cccnc3)ccc2C1)c1ccc(OC[C@@H]2CCCO2)cc1. The van der Waals surface area contributed by atoms with Crippen molar-refractivity contribution < 1.29 is 14.3 Å². The van der Waals surface area contributed by atoms with Gasteiger partial charge in [-0.15, -0.1) is 0 Å². The van der Waals surface area contributed by atoms with Gasteiger partial charge >= 0.3 is 0 Å². The van der Waals surface area contributed by atoms with E-state index in [1.54, 1.807) is 6.20 Å². The van der Waals surface area contributed by atoms with E-state index >= 15 is 0 Å². The highest BCUT2D eigenvalue weighted by Gasteiger charge is 2.21. The summed E-state index contributed by atoms with van der Waals surface area (Å²) in [5.74, 6) is 0.740. The number of aromatic nitrogens is 1. The fourth-order valence-electron chi connectivity index (χ4n) is 4.53. The van der Waals surface area contributed by atoms with E-state index in [2.05, 4.69) is 34.6 Å². The summed E-state index contributed by atoms with van der Waals surface area (Å²) >= 11 is 0. The number of carbonyl (C=O) groups excluding carboxylic acids is 1. The lowest BCUT2D eigenvalue weighted by atomic mass is 9.86. The Labute approximate surface area is 188 Å². The zero-order valence-corrected chi connectivity index (χ0v) is 18.1. The van der Waals surface area contributed by atoms with E-state index in [-0.39, 0.29) is 18.1 Å². The first kappa shape index (κ1) is 20.7. The van der Waals surface area contributed by atoms with Crippen LogP contribution in [0.4, 0.5) is 0 Å². The van der Waals surface area contributed by atoms with Crippen molar-refractivity contribution in [1.29, 1.82) is 0 Å². The van der Waals surface area contributed by atoms with Gasteiger partial charge in [0.05, 0.1) is 6.10 Å². The van der Waals surface area contributed by atoms with E-state index in [4.69, 9.17) is 9.47 Å². The van der Waals surface area contributed by atoms with E-state index in [1.165, 1.54) is 16.7 Å². The molecule has 1 fully saturated rings. The first-order valence-corrected chi connectivity index (χ1v) is 11.4. The zero-order chi connectivity index (χ0) is 21.8. The molecule has 0 unspecified atom stereocenters. The molecule has 1 N–H and O–H groups in total. The van der Waals surface area contributed by atoms with Crippen molar-refractivity contribution in [2.45, 2.75) is 44.2 Å². The van der Waals surface area contributed by atoms with Crippen molar-refractivity contribution in [2.75, 3.05) is 13.2 Å². The van der Waals surface area contributed by atoms with Gasteiger partial charge in [0.15, 0.2) is 0 Å². The minimum absolute atomic E-state index is 0.0314. The van der Waals surface area contributed by atoms with Gasteiger partial charge in [0.1, 0.15) is 12.4 Å². The molecule has 0 saturated carbocycles. The summed E-state index contributed by atoms with van der Waals surface area (Å²) in [5, 5.41) is 3.21. The number of amides is 1. The molecule has 32 heavy (non-hydrogen) atoms. The smallest absolute Gasteiger partial charge is 0.251 e. The number of aryl methyl sites for hydroxylation is 1. The van der Waals surface area contributed by atoms with Gasteiger partial charge in [-0.25, -0.2) is 0 Å². The van der Waals surface area contributed by atoms with Crippen molar-refractivity contribution >= 4 is 5.91 Å². The van der Waals surface area contributed by atoms with E-state index in [1.807, 2.05) is 36.5 Å². The fourth-order valence-corrected chi connectivity index (χ4v) is 4.53. The predicted octanol–water partition coefficient (Wildman–Crippen LogP) is 4.59. The summed E-state index contributed by atoms with van der Waals surface area (Å²) in [5.41, 5.74) is 5.67. The summed E-state index contributed by atoms with van der Waals surface area (Å²) in [4.78, 5) is 17.0. The number of nitrogens with one attached hydrogen (secondary N) is 1. The number of benzene rings is 2. The van der Waals surface area contributed by atoms with E-state index in [0.717, 1.165) is 50.0 Å². The molecule has 1 aromatic heterocycles. The van der Waals surface area contributed by atoms with Crippen LogP contribution in [0.25, 0.3) is 11.1 Å². The number of rotatable bonds is 6. The van der Waals surface area contributed by atoms with Crippen LogP contribution in [0.2, 0.25) is 0 Å². The van der Waals surface area contributed by atoms with E-state index in [0.29, 0.717) is 12.2 Å². The second-order valence-electron chi connectivity index (χ2n) is 8.61. The lowest BCUT2D eigenvalue weighted by molar-refractivity contribution is 0.0679. The molecule has 164 valence electrons. The summed E-state index contributed by atoms with van der Waals surface area (Å²) < 4.78 is 11.4. The molecule has 2 aromatic carbocycles. The van der Waals surface area contributed by atoms with Gasteiger partial charge in [-0.1, -0.05) is 24.3 Å². The third kappa shape index (κ3) is 4.83. The Morgan fingerprint density at radius 1 is 1.06 bits per heavy atom. The first-order valence-electron chi connectivity index (χ1n) is 11.4. The van der Waals surface area contributed by atoms with Gasteiger partial charge in [0, 0.05) is 30.6 Å². The maximum atomic E-state index is 12.8. The zero-order valence-electron chi connectivity index (χ0n) is 18.1. The van der Waals surface area contributed by atoms with Crippen LogP contribution in [0.1, 0.15) is 40.7 Å². The molecule has 5 rings (SSSR count). The highest BCUT2D eigenvalue weighted by atomic mass is 16.5. The summed E-state index contributed by atoms with van der Waals surface area (Å²) in [7, 11) is 0. The average Bonchev–Trinajstić information content (AvgIpc) is 3.37. The van der Waals surface area contributed by atoms with Crippen molar-refractivity contribution in [3.05, 3.63) is 83.7 Å². The Morgan fingerprint density at radius 3 is 2.75 bits per heavy atom. The molecule has 2 atom stereocenters.